The monoisotopic (exact) mass is 322 g/mol. The summed E-state index contributed by atoms with van der Waals surface area (Å²) in [7, 11) is 1.75. The second-order valence-corrected chi connectivity index (χ2v) is 5.47. The molecule has 0 radical (unpaired) electrons. The predicted molar refractivity (Wildman–Crippen MR) is 90.5 cm³/mol. The molecule has 0 saturated carbocycles. The number of nitrogen functional groups attached to an aromatic ring is 1. The van der Waals surface area contributed by atoms with Gasteiger partial charge in [0.1, 0.15) is 0 Å². The van der Waals surface area contributed by atoms with E-state index in [-0.39, 0.29) is 11.9 Å². The summed E-state index contributed by atoms with van der Waals surface area (Å²) in [5, 5.41) is 4.26. The van der Waals surface area contributed by atoms with Crippen molar-refractivity contribution in [1.29, 1.82) is 0 Å². The molecule has 2 N–H and O–H groups in total. The van der Waals surface area contributed by atoms with Crippen molar-refractivity contribution < 1.29 is 4.79 Å². The van der Waals surface area contributed by atoms with E-state index < -0.39 is 0 Å². The van der Waals surface area contributed by atoms with Crippen molar-refractivity contribution in [3.8, 4) is 5.69 Å². The minimum absolute atomic E-state index is 0.150. The molecule has 0 aliphatic carbocycles. The van der Waals surface area contributed by atoms with Gasteiger partial charge in [0.25, 0.3) is 5.91 Å². The smallest absolute Gasteiger partial charge is 0.257 e. The first-order chi connectivity index (χ1) is 11.6. The molecular formula is C17H18N6O. The number of anilines is 1. The number of para-hydroxylation sites is 1. The summed E-state index contributed by atoms with van der Waals surface area (Å²) >= 11 is 0. The average molecular weight is 322 g/mol. The quantitative estimate of drug-likeness (QED) is 0.791. The highest BCUT2D eigenvalue weighted by Gasteiger charge is 2.17. The number of carbonyl (C=O) groups excluding carboxylic acids is 1. The molecule has 122 valence electrons. The maximum absolute atomic E-state index is 12.7. The van der Waals surface area contributed by atoms with Crippen LogP contribution in [0.4, 0.5) is 5.95 Å². The summed E-state index contributed by atoms with van der Waals surface area (Å²) in [5.74, 6) is 0.0125. The van der Waals surface area contributed by atoms with Crippen molar-refractivity contribution in [2.24, 2.45) is 0 Å². The van der Waals surface area contributed by atoms with Crippen LogP contribution in [0.2, 0.25) is 0 Å². The Kier molecular flexibility index (Phi) is 4.24. The van der Waals surface area contributed by atoms with Crippen LogP contribution in [0.5, 0.6) is 0 Å². The minimum Gasteiger partial charge on any atom is -0.368 e. The molecule has 0 aliphatic heterocycles. The molecule has 2 heterocycles. The second kappa shape index (κ2) is 6.49. The van der Waals surface area contributed by atoms with Gasteiger partial charge in [0, 0.05) is 32.2 Å². The summed E-state index contributed by atoms with van der Waals surface area (Å²) in [6, 6.07) is 9.70. The Balaban J connectivity index is 1.85. The Labute approximate surface area is 139 Å². The van der Waals surface area contributed by atoms with Crippen molar-refractivity contribution in [2.45, 2.75) is 13.5 Å². The molecule has 0 saturated heterocycles. The molecule has 1 amide bonds. The normalized spacial score (nSPS) is 10.6. The van der Waals surface area contributed by atoms with Gasteiger partial charge in [-0.2, -0.15) is 5.10 Å². The number of nitrogens with two attached hydrogens (primary N) is 1. The summed E-state index contributed by atoms with van der Waals surface area (Å²) in [6.07, 6.45) is 5.06. The SMILES string of the molecule is Cc1nc(N)ncc1C(=O)N(C)Cc1ccccc1-n1cccn1. The van der Waals surface area contributed by atoms with Crippen LogP contribution in [0.15, 0.2) is 48.9 Å². The number of hydrogen-bond acceptors (Lipinski definition) is 5. The van der Waals surface area contributed by atoms with Gasteiger partial charge < -0.3 is 10.6 Å². The average Bonchev–Trinajstić information content (AvgIpc) is 3.09. The molecule has 0 bridgehead atoms. The van der Waals surface area contributed by atoms with Gasteiger partial charge in [-0.3, -0.25) is 4.79 Å². The van der Waals surface area contributed by atoms with Gasteiger partial charge in [0.05, 0.1) is 16.9 Å². The van der Waals surface area contributed by atoms with E-state index in [4.69, 9.17) is 5.73 Å². The van der Waals surface area contributed by atoms with Crippen LogP contribution >= 0.6 is 0 Å². The van der Waals surface area contributed by atoms with Crippen molar-refractivity contribution in [3.63, 3.8) is 0 Å². The number of aryl methyl sites for hydroxylation is 1. The van der Waals surface area contributed by atoms with E-state index in [0.717, 1.165) is 11.3 Å². The summed E-state index contributed by atoms with van der Waals surface area (Å²) < 4.78 is 1.78. The zero-order chi connectivity index (χ0) is 17.1. The van der Waals surface area contributed by atoms with E-state index in [1.54, 1.807) is 29.7 Å². The highest BCUT2D eigenvalue weighted by Crippen LogP contribution is 2.17. The minimum atomic E-state index is -0.150. The molecule has 3 aromatic rings. The Bertz CT molecular complexity index is 859. The van der Waals surface area contributed by atoms with Crippen LogP contribution in [0.25, 0.3) is 5.69 Å². The van der Waals surface area contributed by atoms with Gasteiger partial charge in [0.15, 0.2) is 0 Å². The summed E-state index contributed by atoms with van der Waals surface area (Å²) in [5.41, 5.74) is 8.49. The highest BCUT2D eigenvalue weighted by molar-refractivity contribution is 5.94. The van der Waals surface area contributed by atoms with Crippen LogP contribution in [-0.4, -0.2) is 37.6 Å². The number of nitrogens with zero attached hydrogens (tertiary/aromatic N) is 5. The lowest BCUT2D eigenvalue weighted by Gasteiger charge is -2.20. The lowest BCUT2D eigenvalue weighted by Crippen LogP contribution is -2.28. The predicted octanol–water partition coefficient (Wildman–Crippen LogP) is 1.83. The van der Waals surface area contributed by atoms with E-state index >= 15 is 0 Å². The third-order valence-corrected chi connectivity index (χ3v) is 3.73. The van der Waals surface area contributed by atoms with E-state index in [1.807, 2.05) is 36.5 Å². The summed E-state index contributed by atoms with van der Waals surface area (Å²) in [4.78, 5) is 22.3. The molecule has 1 aromatic carbocycles. The molecule has 7 heteroatoms. The van der Waals surface area contributed by atoms with E-state index in [1.165, 1.54) is 6.20 Å². The maximum atomic E-state index is 12.7. The molecule has 0 atom stereocenters. The number of rotatable bonds is 4. The number of hydrogen-bond donors (Lipinski definition) is 1. The Morgan fingerprint density at radius 2 is 2.08 bits per heavy atom. The fourth-order valence-electron chi connectivity index (χ4n) is 2.51. The first kappa shape index (κ1) is 15.7. The molecule has 0 fully saturated rings. The van der Waals surface area contributed by atoms with Crippen LogP contribution in [0.3, 0.4) is 0 Å². The fourth-order valence-corrected chi connectivity index (χ4v) is 2.51. The largest absolute Gasteiger partial charge is 0.368 e. The second-order valence-electron chi connectivity index (χ2n) is 5.47. The van der Waals surface area contributed by atoms with Crippen molar-refractivity contribution in [2.75, 3.05) is 12.8 Å². The number of carbonyl (C=O) groups is 1. The van der Waals surface area contributed by atoms with Gasteiger partial charge in [-0.05, 0) is 24.6 Å². The van der Waals surface area contributed by atoms with Crippen molar-refractivity contribution >= 4 is 11.9 Å². The third kappa shape index (κ3) is 3.10. The lowest BCUT2D eigenvalue weighted by molar-refractivity contribution is 0.0783. The maximum Gasteiger partial charge on any atom is 0.257 e. The Morgan fingerprint density at radius 1 is 1.29 bits per heavy atom. The molecule has 24 heavy (non-hydrogen) atoms. The first-order valence-corrected chi connectivity index (χ1v) is 7.49. The van der Waals surface area contributed by atoms with Crippen molar-refractivity contribution in [1.82, 2.24) is 24.6 Å². The highest BCUT2D eigenvalue weighted by atomic mass is 16.2. The van der Waals surface area contributed by atoms with Crippen molar-refractivity contribution in [3.05, 3.63) is 65.7 Å². The van der Waals surface area contributed by atoms with Gasteiger partial charge in [-0.25, -0.2) is 14.6 Å². The van der Waals surface area contributed by atoms with Gasteiger partial charge in [0.2, 0.25) is 5.95 Å². The Morgan fingerprint density at radius 3 is 2.79 bits per heavy atom. The topological polar surface area (TPSA) is 89.9 Å². The van der Waals surface area contributed by atoms with Crippen LogP contribution in [0, 0.1) is 6.92 Å². The molecule has 2 aromatic heterocycles. The number of aromatic nitrogens is 4. The van der Waals surface area contributed by atoms with E-state index in [2.05, 4.69) is 15.1 Å². The standard InChI is InChI=1S/C17H18N6O/c1-12-14(10-19-17(18)21-12)16(24)22(2)11-13-6-3-4-7-15(13)23-9-5-8-20-23/h3-10H,11H2,1-2H3,(H2,18,19,21). The zero-order valence-corrected chi connectivity index (χ0v) is 13.5. The number of amides is 1. The Hall–Kier alpha value is -3.22. The molecule has 0 unspecified atom stereocenters. The van der Waals surface area contributed by atoms with Gasteiger partial charge >= 0.3 is 0 Å². The van der Waals surface area contributed by atoms with Crippen LogP contribution < -0.4 is 5.73 Å². The summed E-state index contributed by atoms with van der Waals surface area (Å²) in [6.45, 7) is 2.19. The van der Waals surface area contributed by atoms with Gasteiger partial charge in [-0.1, -0.05) is 18.2 Å². The molecular weight excluding hydrogens is 304 g/mol. The number of benzene rings is 1. The first-order valence-electron chi connectivity index (χ1n) is 7.49. The molecule has 7 nitrogen and oxygen atoms in total. The zero-order valence-electron chi connectivity index (χ0n) is 13.5. The lowest BCUT2D eigenvalue weighted by atomic mass is 10.1. The van der Waals surface area contributed by atoms with Crippen LogP contribution in [0.1, 0.15) is 21.6 Å². The van der Waals surface area contributed by atoms with Crippen LogP contribution in [-0.2, 0) is 6.54 Å². The molecule has 3 rings (SSSR count). The fraction of sp³-hybridized carbons (Fsp3) is 0.176. The molecule has 0 spiro atoms. The van der Waals surface area contributed by atoms with E-state index in [9.17, 15) is 4.79 Å². The van der Waals surface area contributed by atoms with E-state index in [0.29, 0.717) is 17.8 Å². The third-order valence-electron chi connectivity index (χ3n) is 3.73. The van der Waals surface area contributed by atoms with Gasteiger partial charge in [-0.15, -0.1) is 0 Å². The molecule has 0 aliphatic rings.